The van der Waals surface area contributed by atoms with Gasteiger partial charge < -0.3 is 15.4 Å². The van der Waals surface area contributed by atoms with Crippen LogP contribution in [0.15, 0.2) is 11.0 Å². The minimum atomic E-state index is -0.533. The van der Waals surface area contributed by atoms with Crippen molar-refractivity contribution >= 4 is 23.4 Å². The van der Waals surface area contributed by atoms with E-state index < -0.39 is 11.7 Å². The number of hydrogen-bond donors (Lipinski definition) is 2. The van der Waals surface area contributed by atoms with Crippen molar-refractivity contribution < 1.29 is 9.53 Å². The molecule has 7 nitrogen and oxygen atoms in total. The molecule has 0 aliphatic rings. The Labute approximate surface area is 140 Å². The van der Waals surface area contributed by atoms with Crippen LogP contribution >= 0.6 is 11.6 Å². The SMILES string of the molecule is C#CCn1ncc(Cl)c(NCCCNC(=O)OC(C)(C)C)c1=O. The Hall–Kier alpha value is -2.20. The summed E-state index contributed by atoms with van der Waals surface area (Å²) in [5.74, 6) is 2.35. The number of amides is 1. The first-order valence-electron chi connectivity index (χ1n) is 7.14. The molecule has 0 unspecified atom stereocenters. The quantitative estimate of drug-likeness (QED) is 0.610. The highest BCUT2D eigenvalue weighted by Gasteiger charge is 2.15. The third-order valence-corrected chi connectivity index (χ3v) is 2.85. The molecular formula is C15H21ClN4O3. The van der Waals surface area contributed by atoms with Crippen LogP contribution in [0.1, 0.15) is 27.2 Å². The van der Waals surface area contributed by atoms with Crippen molar-refractivity contribution in [2.75, 3.05) is 18.4 Å². The lowest BCUT2D eigenvalue weighted by molar-refractivity contribution is 0.0528. The molecule has 1 aromatic rings. The molecule has 0 aliphatic heterocycles. The van der Waals surface area contributed by atoms with E-state index in [-0.39, 0.29) is 22.8 Å². The predicted octanol–water partition coefficient (Wildman–Crippen LogP) is 1.86. The maximum absolute atomic E-state index is 12.1. The van der Waals surface area contributed by atoms with Gasteiger partial charge in [-0.2, -0.15) is 5.10 Å². The van der Waals surface area contributed by atoms with Crippen LogP contribution < -0.4 is 16.2 Å². The van der Waals surface area contributed by atoms with E-state index in [4.69, 9.17) is 22.8 Å². The number of carbonyl (C=O) groups excluding carboxylic acids is 1. The van der Waals surface area contributed by atoms with Crippen molar-refractivity contribution in [3.05, 3.63) is 21.6 Å². The average molecular weight is 341 g/mol. The van der Waals surface area contributed by atoms with Gasteiger partial charge in [-0.15, -0.1) is 6.42 Å². The third-order valence-electron chi connectivity index (χ3n) is 2.56. The van der Waals surface area contributed by atoms with E-state index >= 15 is 0 Å². The number of ether oxygens (including phenoxy) is 1. The van der Waals surface area contributed by atoms with E-state index in [9.17, 15) is 9.59 Å². The molecule has 23 heavy (non-hydrogen) atoms. The van der Waals surface area contributed by atoms with Gasteiger partial charge in [0.2, 0.25) is 0 Å². The van der Waals surface area contributed by atoms with Crippen molar-refractivity contribution in [2.45, 2.75) is 39.3 Å². The molecule has 1 amide bonds. The van der Waals surface area contributed by atoms with E-state index in [1.165, 1.54) is 6.20 Å². The fraction of sp³-hybridized carbons (Fsp3) is 0.533. The standard InChI is InChI=1S/C15H21ClN4O3/c1-5-9-20-13(21)12(11(16)10-19-20)17-7-6-8-18-14(22)23-15(2,3)4/h1,10,17H,6-9H2,2-4H3,(H,18,22). The molecule has 0 saturated heterocycles. The summed E-state index contributed by atoms with van der Waals surface area (Å²) in [6, 6.07) is 0. The van der Waals surface area contributed by atoms with Crippen LogP contribution in [0.3, 0.4) is 0 Å². The molecule has 1 heterocycles. The first-order valence-corrected chi connectivity index (χ1v) is 7.52. The lowest BCUT2D eigenvalue weighted by Crippen LogP contribution is -2.33. The topological polar surface area (TPSA) is 85.2 Å². The second kappa shape index (κ2) is 8.44. The fourth-order valence-electron chi connectivity index (χ4n) is 1.63. The van der Waals surface area contributed by atoms with Crippen LogP contribution in [-0.2, 0) is 11.3 Å². The normalized spacial score (nSPS) is 10.7. The summed E-state index contributed by atoms with van der Waals surface area (Å²) in [6.07, 6.45) is 6.65. The number of alkyl carbamates (subject to hydrolysis) is 1. The molecule has 1 aromatic heterocycles. The number of aromatic nitrogens is 2. The number of rotatable bonds is 6. The molecule has 1 rings (SSSR count). The lowest BCUT2D eigenvalue weighted by Gasteiger charge is -2.19. The van der Waals surface area contributed by atoms with Crippen LogP contribution in [0.4, 0.5) is 10.5 Å². The van der Waals surface area contributed by atoms with Gasteiger partial charge in [0.15, 0.2) is 0 Å². The van der Waals surface area contributed by atoms with E-state index in [0.29, 0.717) is 19.5 Å². The maximum Gasteiger partial charge on any atom is 0.407 e. The fourth-order valence-corrected chi connectivity index (χ4v) is 1.83. The highest BCUT2D eigenvalue weighted by molar-refractivity contribution is 6.32. The van der Waals surface area contributed by atoms with Gasteiger partial charge >= 0.3 is 6.09 Å². The van der Waals surface area contributed by atoms with E-state index in [1.54, 1.807) is 20.8 Å². The highest BCUT2D eigenvalue weighted by atomic mass is 35.5. The maximum atomic E-state index is 12.1. The zero-order valence-corrected chi connectivity index (χ0v) is 14.2. The molecule has 0 spiro atoms. The molecule has 0 bridgehead atoms. The van der Waals surface area contributed by atoms with Crippen molar-refractivity contribution in [1.29, 1.82) is 0 Å². The van der Waals surface area contributed by atoms with E-state index in [2.05, 4.69) is 21.7 Å². The molecule has 0 fully saturated rings. The summed E-state index contributed by atoms with van der Waals surface area (Å²) >= 11 is 5.96. The average Bonchev–Trinajstić information content (AvgIpc) is 2.43. The number of carbonyl (C=O) groups is 1. The number of anilines is 1. The third kappa shape index (κ3) is 6.61. The molecule has 0 saturated carbocycles. The smallest absolute Gasteiger partial charge is 0.407 e. The molecule has 8 heteroatoms. The summed E-state index contributed by atoms with van der Waals surface area (Å²) in [5.41, 5.74) is -0.667. The van der Waals surface area contributed by atoms with Crippen molar-refractivity contribution in [3.63, 3.8) is 0 Å². The second-order valence-corrected chi connectivity index (χ2v) is 6.15. The van der Waals surface area contributed by atoms with Crippen LogP contribution in [0, 0.1) is 12.3 Å². The van der Waals surface area contributed by atoms with E-state index in [0.717, 1.165) is 4.68 Å². The Balaban J connectivity index is 2.45. The second-order valence-electron chi connectivity index (χ2n) is 5.74. The Morgan fingerprint density at radius 2 is 2.17 bits per heavy atom. The zero-order valence-electron chi connectivity index (χ0n) is 13.5. The summed E-state index contributed by atoms with van der Waals surface area (Å²) in [7, 11) is 0. The molecule has 0 atom stereocenters. The first-order chi connectivity index (χ1) is 10.7. The summed E-state index contributed by atoms with van der Waals surface area (Å²) in [5, 5.41) is 9.64. The molecule has 126 valence electrons. The van der Waals surface area contributed by atoms with Gasteiger partial charge in [0.05, 0.1) is 11.2 Å². The molecular weight excluding hydrogens is 320 g/mol. The van der Waals surface area contributed by atoms with Crippen LogP contribution in [0.25, 0.3) is 0 Å². The van der Waals surface area contributed by atoms with Gasteiger partial charge in [-0.05, 0) is 27.2 Å². The minimum Gasteiger partial charge on any atom is -0.444 e. The van der Waals surface area contributed by atoms with Crippen molar-refractivity contribution in [3.8, 4) is 12.3 Å². The number of terminal acetylenes is 1. The van der Waals surface area contributed by atoms with Crippen LogP contribution in [0.2, 0.25) is 5.02 Å². The Bertz CT molecular complexity index is 644. The van der Waals surface area contributed by atoms with Gasteiger partial charge in [0, 0.05) is 13.1 Å². The summed E-state index contributed by atoms with van der Waals surface area (Å²) < 4.78 is 6.26. The monoisotopic (exact) mass is 340 g/mol. The largest absolute Gasteiger partial charge is 0.444 e. The van der Waals surface area contributed by atoms with Crippen LogP contribution in [0.5, 0.6) is 0 Å². The zero-order chi connectivity index (χ0) is 17.5. The van der Waals surface area contributed by atoms with Gasteiger partial charge in [0.25, 0.3) is 5.56 Å². The summed E-state index contributed by atoms with van der Waals surface area (Å²) in [6.45, 7) is 6.31. The van der Waals surface area contributed by atoms with Gasteiger partial charge in [-0.1, -0.05) is 17.5 Å². The Morgan fingerprint density at radius 3 is 2.78 bits per heavy atom. The first kappa shape index (κ1) is 18.8. The van der Waals surface area contributed by atoms with Gasteiger partial charge in [-0.25, -0.2) is 9.48 Å². The van der Waals surface area contributed by atoms with E-state index in [1.807, 2.05) is 0 Å². The Kier molecular flexibility index (Phi) is 6.91. The van der Waals surface area contributed by atoms with Crippen molar-refractivity contribution in [2.24, 2.45) is 0 Å². The summed E-state index contributed by atoms with van der Waals surface area (Å²) in [4.78, 5) is 23.5. The Morgan fingerprint density at radius 1 is 1.48 bits per heavy atom. The van der Waals surface area contributed by atoms with Gasteiger partial charge in [-0.3, -0.25) is 4.79 Å². The number of halogens is 1. The number of hydrogen-bond acceptors (Lipinski definition) is 5. The number of nitrogens with zero attached hydrogens (tertiary/aromatic N) is 2. The molecule has 0 aromatic carbocycles. The van der Waals surface area contributed by atoms with Gasteiger partial charge in [0.1, 0.15) is 17.8 Å². The lowest BCUT2D eigenvalue weighted by atomic mass is 10.2. The molecule has 2 N–H and O–H groups in total. The van der Waals surface area contributed by atoms with Crippen LogP contribution in [-0.4, -0.2) is 34.6 Å². The minimum absolute atomic E-state index is 0.0743. The number of nitrogens with one attached hydrogen (secondary N) is 2. The predicted molar refractivity (Wildman–Crippen MR) is 89.7 cm³/mol. The van der Waals surface area contributed by atoms with Crippen molar-refractivity contribution in [1.82, 2.24) is 15.1 Å². The molecule has 0 radical (unpaired) electrons. The molecule has 0 aliphatic carbocycles. The highest BCUT2D eigenvalue weighted by Crippen LogP contribution is 2.14.